The molecule has 0 bridgehead atoms. The summed E-state index contributed by atoms with van der Waals surface area (Å²) in [6.07, 6.45) is 0. The van der Waals surface area contributed by atoms with Gasteiger partial charge in [-0.15, -0.1) is 23.5 Å². The molecule has 0 radical (unpaired) electrons. The fourth-order valence-corrected chi connectivity index (χ4v) is 3.30. The first-order chi connectivity index (χ1) is 5.70. The smallest absolute Gasteiger partial charge is 0.261 e. The summed E-state index contributed by atoms with van der Waals surface area (Å²) in [4.78, 5) is 21.6. The van der Waals surface area contributed by atoms with E-state index in [-0.39, 0.29) is 16.4 Å². The lowest BCUT2D eigenvalue weighted by Crippen LogP contribution is -2.43. The molecule has 12 heavy (non-hydrogen) atoms. The minimum absolute atomic E-state index is 0.0585. The van der Waals surface area contributed by atoms with Crippen molar-refractivity contribution >= 4 is 35.3 Å². The van der Waals surface area contributed by atoms with Crippen LogP contribution in [0.3, 0.4) is 0 Å². The summed E-state index contributed by atoms with van der Waals surface area (Å²) in [5.74, 6) is 1.63. The van der Waals surface area contributed by atoms with E-state index in [1.165, 1.54) is 6.92 Å². The van der Waals surface area contributed by atoms with Crippen LogP contribution < -0.4 is 10.9 Å². The summed E-state index contributed by atoms with van der Waals surface area (Å²) in [6, 6.07) is 0. The maximum Gasteiger partial charge on any atom is 0.261 e. The van der Waals surface area contributed by atoms with Crippen molar-refractivity contribution in [3.05, 3.63) is 0 Å². The minimum Gasteiger partial charge on any atom is -0.274 e. The van der Waals surface area contributed by atoms with Crippen LogP contribution >= 0.6 is 23.5 Å². The summed E-state index contributed by atoms with van der Waals surface area (Å²) < 4.78 is -0.0585. The Hall–Kier alpha value is -0.360. The van der Waals surface area contributed by atoms with Crippen LogP contribution in [-0.4, -0.2) is 27.9 Å². The summed E-state index contributed by atoms with van der Waals surface area (Å²) in [5, 5.41) is 0. The second kappa shape index (κ2) is 4.61. The fourth-order valence-electron chi connectivity index (χ4n) is 0.718. The third-order valence-electron chi connectivity index (χ3n) is 1.20. The van der Waals surface area contributed by atoms with Crippen molar-refractivity contribution in [2.75, 3.05) is 11.5 Å². The van der Waals surface area contributed by atoms with E-state index in [4.69, 9.17) is 0 Å². The molecule has 0 saturated carbocycles. The molecule has 6 heteroatoms. The van der Waals surface area contributed by atoms with Gasteiger partial charge in [0, 0.05) is 18.4 Å². The van der Waals surface area contributed by atoms with Crippen molar-refractivity contribution < 1.29 is 9.59 Å². The van der Waals surface area contributed by atoms with Gasteiger partial charge in [-0.3, -0.25) is 20.4 Å². The Bertz CT molecular complexity index is 192. The third kappa shape index (κ3) is 2.94. The van der Waals surface area contributed by atoms with E-state index >= 15 is 0 Å². The molecule has 1 saturated heterocycles. The number of hydrogen-bond acceptors (Lipinski definition) is 4. The van der Waals surface area contributed by atoms with Gasteiger partial charge in [-0.05, 0) is 0 Å². The second-order valence-electron chi connectivity index (χ2n) is 2.24. The zero-order valence-electron chi connectivity index (χ0n) is 6.62. The van der Waals surface area contributed by atoms with Gasteiger partial charge in [0.15, 0.2) is 0 Å². The highest BCUT2D eigenvalue weighted by Crippen LogP contribution is 2.31. The lowest BCUT2D eigenvalue weighted by atomic mass is 10.7. The number of rotatable bonds is 1. The predicted molar refractivity (Wildman–Crippen MR) is 50.7 cm³/mol. The molecule has 0 aromatic rings. The Balaban J connectivity index is 2.23. The van der Waals surface area contributed by atoms with Crippen molar-refractivity contribution in [3.8, 4) is 0 Å². The van der Waals surface area contributed by atoms with Gasteiger partial charge in [0.05, 0.1) is 0 Å². The van der Waals surface area contributed by atoms with E-state index < -0.39 is 0 Å². The van der Waals surface area contributed by atoms with E-state index in [9.17, 15) is 9.59 Å². The lowest BCUT2D eigenvalue weighted by Gasteiger charge is -2.08. The van der Waals surface area contributed by atoms with Crippen LogP contribution in [0.1, 0.15) is 6.92 Å². The first-order valence-corrected chi connectivity index (χ1v) is 5.59. The number of thioether (sulfide) groups is 2. The molecule has 2 amide bonds. The summed E-state index contributed by atoms with van der Waals surface area (Å²) in [7, 11) is 0. The van der Waals surface area contributed by atoms with Gasteiger partial charge in [0.2, 0.25) is 5.91 Å². The topological polar surface area (TPSA) is 58.2 Å². The number of nitrogens with one attached hydrogen (secondary N) is 2. The second-order valence-corrected chi connectivity index (χ2v) is 4.97. The molecule has 2 N–H and O–H groups in total. The molecule has 0 aromatic heterocycles. The molecule has 1 fully saturated rings. The van der Waals surface area contributed by atoms with Gasteiger partial charge in [0.25, 0.3) is 5.91 Å². The van der Waals surface area contributed by atoms with Crippen LogP contribution in [0, 0.1) is 0 Å². The molecule has 0 spiro atoms. The molecule has 1 aliphatic rings. The summed E-state index contributed by atoms with van der Waals surface area (Å²) >= 11 is 3.20. The third-order valence-corrected chi connectivity index (χ3v) is 4.19. The molecule has 1 heterocycles. The standard InChI is InChI=1S/C6H10N2O2S2/c1-4(9)7-8-5(10)6-11-2-3-12-6/h6H,2-3H2,1H3,(H,7,9)(H,8,10). The van der Waals surface area contributed by atoms with Crippen LogP contribution in [-0.2, 0) is 9.59 Å². The van der Waals surface area contributed by atoms with E-state index in [0.717, 1.165) is 11.5 Å². The number of amides is 2. The van der Waals surface area contributed by atoms with Gasteiger partial charge in [-0.25, -0.2) is 0 Å². The van der Waals surface area contributed by atoms with Gasteiger partial charge in [0.1, 0.15) is 4.58 Å². The zero-order chi connectivity index (χ0) is 8.97. The molecule has 1 rings (SSSR count). The Morgan fingerprint density at radius 1 is 1.25 bits per heavy atom. The fraction of sp³-hybridized carbons (Fsp3) is 0.667. The average Bonchev–Trinajstić information content (AvgIpc) is 2.51. The zero-order valence-corrected chi connectivity index (χ0v) is 8.26. The van der Waals surface area contributed by atoms with Gasteiger partial charge < -0.3 is 0 Å². The SMILES string of the molecule is CC(=O)NNC(=O)C1SCCS1. The molecule has 0 unspecified atom stereocenters. The number of carbonyl (C=O) groups is 2. The van der Waals surface area contributed by atoms with Gasteiger partial charge in [-0.2, -0.15) is 0 Å². The monoisotopic (exact) mass is 206 g/mol. The molecule has 4 nitrogen and oxygen atoms in total. The molecule has 0 atom stereocenters. The first-order valence-electron chi connectivity index (χ1n) is 3.50. The van der Waals surface area contributed by atoms with Crippen molar-refractivity contribution in [1.82, 2.24) is 10.9 Å². The van der Waals surface area contributed by atoms with E-state index in [2.05, 4.69) is 10.9 Å². The van der Waals surface area contributed by atoms with Crippen LogP contribution in [0.4, 0.5) is 0 Å². The van der Waals surface area contributed by atoms with Crippen molar-refractivity contribution in [2.24, 2.45) is 0 Å². The van der Waals surface area contributed by atoms with Crippen molar-refractivity contribution in [2.45, 2.75) is 11.5 Å². The summed E-state index contributed by atoms with van der Waals surface area (Å²) in [6.45, 7) is 1.36. The highest BCUT2D eigenvalue weighted by Gasteiger charge is 2.23. The normalized spacial score (nSPS) is 17.4. The Labute approximate surface area is 79.2 Å². The highest BCUT2D eigenvalue weighted by atomic mass is 32.2. The van der Waals surface area contributed by atoms with Crippen LogP contribution in [0.2, 0.25) is 0 Å². The molecular weight excluding hydrogens is 196 g/mol. The number of carbonyl (C=O) groups excluding carboxylic acids is 2. The Kier molecular flexibility index (Phi) is 3.74. The van der Waals surface area contributed by atoms with Crippen molar-refractivity contribution in [3.63, 3.8) is 0 Å². The maximum absolute atomic E-state index is 11.2. The van der Waals surface area contributed by atoms with E-state index in [1.807, 2.05) is 0 Å². The van der Waals surface area contributed by atoms with E-state index in [0.29, 0.717) is 0 Å². The van der Waals surface area contributed by atoms with Crippen LogP contribution in [0.15, 0.2) is 0 Å². The summed E-state index contributed by atoms with van der Waals surface area (Å²) in [5.41, 5.74) is 4.60. The quantitative estimate of drug-likeness (QED) is 0.591. The molecule has 1 aliphatic heterocycles. The Morgan fingerprint density at radius 2 is 1.83 bits per heavy atom. The van der Waals surface area contributed by atoms with Crippen LogP contribution in [0.25, 0.3) is 0 Å². The molecule has 68 valence electrons. The maximum atomic E-state index is 11.2. The number of hydrogen-bond donors (Lipinski definition) is 2. The average molecular weight is 206 g/mol. The molecular formula is C6H10N2O2S2. The first kappa shape index (κ1) is 9.73. The van der Waals surface area contributed by atoms with Crippen LogP contribution in [0.5, 0.6) is 0 Å². The molecule has 0 aliphatic carbocycles. The van der Waals surface area contributed by atoms with Gasteiger partial charge >= 0.3 is 0 Å². The minimum atomic E-state index is -0.253. The molecule has 0 aromatic carbocycles. The van der Waals surface area contributed by atoms with Gasteiger partial charge in [-0.1, -0.05) is 0 Å². The predicted octanol–water partition coefficient (Wildman–Crippen LogP) is -0.0402. The largest absolute Gasteiger partial charge is 0.274 e. The van der Waals surface area contributed by atoms with E-state index in [1.54, 1.807) is 23.5 Å². The lowest BCUT2D eigenvalue weighted by molar-refractivity contribution is -0.126. The Morgan fingerprint density at radius 3 is 2.33 bits per heavy atom. The number of hydrazine groups is 1. The van der Waals surface area contributed by atoms with Crippen molar-refractivity contribution in [1.29, 1.82) is 0 Å². The highest BCUT2D eigenvalue weighted by molar-refractivity contribution is 8.21.